The number of amides is 1. The third-order valence-electron chi connectivity index (χ3n) is 6.20. The molecule has 1 aromatic carbocycles. The standard InChI is InChI=1S/C23H27N5O/c29-23(25-19-5-1-2-6-19)22-20-12-17(7-8-21(20)26-27-22)18-11-16(13-24-14-18)15-28-9-3-4-10-28/h7-8,11-14,19H,1-6,9-10,15H2,(H,25,29)(H,26,27). The van der Waals surface area contributed by atoms with Crippen LogP contribution in [0.15, 0.2) is 36.7 Å². The molecule has 0 unspecified atom stereocenters. The van der Waals surface area contributed by atoms with Gasteiger partial charge in [-0.3, -0.25) is 19.8 Å². The van der Waals surface area contributed by atoms with Crippen LogP contribution in [0.2, 0.25) is 0 Å². The summed E-state index contributed by atoms with van der Waals surface area (Å²) >= 11 is 0. The molecule has 2 fully saturated rings. The summed E-state index contributed by atoms with van der Waals surface area (Å²) in [7, 11) is 0. The SMILES string of the molecule is O=C(NC1CCCC1)c1n[nH]c2ccc(-c3cncc(CN4CCCC4)c3)cc12. The summed E-state index contributed by atoms with van der Waals surface area (Å²) in [6.45, 7) is 3.29. The highest BCUT2D eigenvalue weighted by molar-refractivity contribution is 6.05. The average Bonchev–Trinajstić information content (AvgIpc) is 3.49. The second-order valence-corrected chi connectivity index (χ2v) is 8.35. The number of H-pyrrole nitrogens is 1. The quantitative estimate of drug-likeness (QED) is 0.694. The molecule has 29 heavy (non-hydrogen) atoms. The Kier molecular flexibility index (Phi) is 5.02. The van der Waals surface area contributed by atoms with Gasteiger partial charge in [0.1, 0.15) is 0 Å². The Bertz CT molecular complexity index is 1020. The molecule has 1 aliphatic carbocycles. The number of pyridine rings is 1. The first-order chi connectivity index (χ1) is 14.3. The summed E-state index contributed by atoms with van der Waals surface area (Å²) in [4.78, 5) is 19.7. The number of likely N-dealkylation sites (tertiary alicyclic amines) is 1. The van der Waals surface area contributed by atoms with E-state index < -0.39 is 0 Å². The highest BCUT2D eigenvalue weighted by atomic mass is 16.2. The Morgan fingerprint density at radius 3 is 2.72 bits per heavy atom. The summed E-state index contributed by atoms with van der Waals surface area (Å²) in [6, 6.07) is 8.61. The number of fused-ring (bicyclic) bond motifs is 1. The first-order valence-corrected chi connectivity index (χ1v) is 10.7. The highest BCUT2D eigenvalue weighted by Gasteiger charge is 2.21. The van der Waals surface area contributed by atoms with Crippen LogP contribution in [0.4, 0.5) is 0 Å². The molecule has 0 bridgehead atoms. The fourth-order valence-electron chi connectivity index (χ4n) is 4.62. The lowest BCUT2D eigenvalue weighted by Crippen LogP contribution is -2.32. The van der Waals surface area contributed by atoms with Crippen LogP contribution in [-0.2, 0) is 6.54 Å². The van der Waals surface area contributed by atoms with E-state index in [9.17, 15) is 4.79 Å². The number of nitrogens with zero attached hydrogens (tertiary/aromatic N) is 3. The molecule has 150 valence electrons. The van der Waals surface area contributed by atoms with Crippen molar-refractivity contribution < 1.29 is 4.79 Å². The summed E-state index contributed by atoms with van der Waals surface area (Å²) in [5.41, 5.74) is 4.73. The number of hydrogen-bond acceptors (Lipinski definition) is 4. The number of aromatic nitrogens is 3. The van der Waals surface area contributed by atoms with Crippen molar-refractivity contribution >= 4 is 16.8 Å². The van der Waals surface area contributed by atoms with E-state index >= 15 is 0 Å². The second-order valence-electron chi connectivity index (χ2n) is 8.35. The number of hydrogen-bond donors (Lipinski definition) is 2. The van der Waals surface area contributed by atoms with Crippen molar-refractivity contribution in [2.75, 3.05) is 13.1 Å². The molecule has 2 N–H and O–H groups in total. The van der Waals surface area contributed by atoms with Crippen LogP contribution in [0, 0.1) is 0 Å². The van der Waals surface area contributed by atoms with Crippen molar-refractivity contribution in [3.63, 3.8) is 0 Å². The van der Waals surface area contributed by atoms with Gasteiger partial charge in [0, 0.05) is 35.9 Å². The van der Waals surface area contributed by atoms with E-state index in [1.165, 1.54) is 44.3 Å². The number of nitrogens with one attached hydrogen (secondary N) is 2. The van der Waals surface area contributed by atoms with Gasteiger partial charge in [-0.2, -0.15) is 5.10 Å². The van der Waals surface area contributed by atoms with Crippen LogP contribution in [0.5, 0.6) is 0 Å². The predicted octanol–water partition coefficient (Wildman–Crippen LogP) is 3.89. The summed E-state index contributed by atoms with van der Waals surface area (Å²) < 4.78 is 0. The molecular formula is C23H27N5O. The molecule has 6 nitrogen and oxygen atoms in total. The van der Waals surface area contributed by atoms with Gasteiger partial charge in [0.05, 0.1) is 5.52 Å². The van der Waals surface area contributed by atoms with Crippen LogP contribution >= 0.6 is 0 Å². The first kappa shape index (κ1) is 18.3. The molecule has 2 aliphatic rings. The topological polar surface area (TPSA) is 73.9 Å². The third-order valence-corrected chi connectivity index (χ3v) is 6.20. The van der Waals surface area contributed by atoms with Crippen LogP contribution < -0.4 is 5.32 Å². The minimum Gasteiger partial charge on any atom is -0.348 e. The minimum atomic E-state index is -0.0822. The number of rotatable bonds is 5. The maximum absolute atomic E-state index is 12.8. The summed E-state index contributed by atoms with van der Waals surface area (Å²) in [6.07, 6.45) is 10.9. The molecule has 6 heteroatoms. The van der Waals surface area contributed by atoms with Crippen molar-refractivity contribution in [3.8, 4) is 11.1 Å². The van der Waals surface area contributed by atoms with Crippen molar-refractivity contribution in [1.29, 1.82) is 0 Å². The maximum atomic E-state index is 12.8. The smallest absolute Gasteiger partial charge is 0.272 e. The molecule has 0 atom stereocenters. The third kappa shape index (κ3) is 3.90. The van der Waals surface area contributed by atoms with E-state index in [1.807, 2.05) is 18.5 Å². The van der Waals surface area contributed by atoms with E-state index in [2.05, 4.69) is 43.6 Å². The van der Waals surface area contributed by atoms with Crippen molar-refractivity contribution in [1.82, 2.24) is 25.4 Å². The monoisotopic (exact) mass is 389 g/mol. The highest BCUT2D eigenvalue weighted by Crippen LogP contribution is 2.27. The van der Waals surface area contributed by atoms with Gasteiger partial charge in [-0.1, -0.05) is 18.9 Å². The largest absolute Gasteiger partial charge is 0.348 e. The molecule has 1 aliphatic heterocycles. The molecule has 5 rings (SSSR count). The lowest BCUT2D eigenvalue weighted by Gasteiger charge is -2.14. The molecule has 1 saturated carbocycles. The Labute approximate surface area is 170 Å². The Morgan fingerprint density at radius 2 is 1.90 bits per heavy atom. The lowest BCUT2D eigenvalue weighted by atomic mass is 10.0. The molecule has 0 radical (unpaired) electrons. The summed E-state index contributed by atoms with van der Waals surface area (Å²) in [5.74, 6) is -0.0822. The number of aromatic amines is 1. The van der Waals surface area contributed by atoms with Gasteiger partial charge in [-0.15, -0.1) is 0 Å². The van der Waals surface area contributed by atoms with E-state index in [1.54, 1.807) is 0 Å². The maximum Gasteiger partial charge on any atom is 0.272 e. The van der Waals surface area contributed by atoms with Gasteiger partial charge in [-0.05, 0) is 68.1 Å². The van der Waals surface area contributed by atoms with Gasteiger partial charge in [0.25, 0.3) is 5.91 Å². The Hall–Kier alpha value is -2.73. The van der Waals surface area contributed by atoms with Crippen molar-refractivity contribution in [2.45, 2.75) is 51.1 Å². The van der Waals surface area contributed by atoms with E-state index in [4.69, 9.17) is 0 Å². The lowest BCUT2D eigenvalue weighted by molar-refractivity contribution is 0.0934. The zero-order valence-corrected chi connectivity index (χ0v) is 16.7. The molecule has 2 aromatic heterocycles. The number of carbonyl (C=O) groups is 1. The minimum absolute atomic E-state index is 0.0822. The number of carbonyl (C=O) groups excluding carboxylic acids is 1. The molecule has 3 aromatic rings. The van der Waals surface area contributed by atoms with Gasteiger partial charge < -0.3 is 5.32 Å². The second kappa shape index (κ2) is 7.95. The van der Waals surface area contributed by atoms with Crippen LogP contribution in [-0.4, -0.2) is 45.1 Å². The van der Waals surface area contributed by atoms with Crippen LogP contribution in [0.25, 0.3) is 22.0 Å². The molecule has 1 saturated heterocycles. The van der Waals surface area contributed by atoms with Crippen LogP contribution in [0.3, 0.4) is 0 Å². The van der Waals surface area contributed by atoms with Gasteiger partial charge in [-0.25, -0.2) is 0 Å². The van der Waals surface area contributed by atoms with E-state index in [-0.39, 0.29) is 11.9 Å². The van der Waals surface area contributed by atoms with Crippen molar-refractivity contribution in [2.24, 2.45) is 0 Å². The van der Waals surface area contributed by atoms with Gasteiger partial charge in [0.2, 0.25) is 0 Å². The Morgan fingerprint density at radius 1 is 1.07 bits per heavy atom. The fourth-order valence-corrected chi connectivity index (χ4v) is 4.62. The molecule has 1 amide bonds. The van der Waals surface area contributed by atoms with Gasteiger partial charge in [0.15, 0.2) is 5.69 Å². The molecule has 0 spiro atoms. The van der Waals surface area contributed by atoms with Gasteiger partial charge >= 0.3 is 0 Å². The Balaban J connectivity index is 1.41. The zero-order chi connectivity index (χ0) is 19.6. The normalized spacial score (nSPS) is 17.9. The zero-order valence-electron chi connectivity index (χ0n) is 16.7. The average molecular weight is 390 g/mol. The molecular weight excluding hydrogens is 362 g/mol. The molecule has 3 heterocycles. The van der Waals surface area contributed by atoms with E-state index in [0.717, 1.165) is 41.4 Å². The summed E-state index contributed by atoms with van der Waals surface area (Å²) in [5, 5.41) is 11.3. The number of benzene rings is 1. The van der Waals surface area contributed by atoms with E-state index in [0.29, 0.717) is 5.69 Å². The van der Waals surface area contributed by atoms with Crippen LogP contribution in [0.1, 0.15) is 54.6 Å². The predicted molar refractivity (Wildman–Crippen MR) is 114 cm³/mol. The fraction of sp³-hybridized carbons (Fsp3) is 0.435. The van der Waals surface area contributed by atoms with Crippen molar-refractivity contribution in [3.05, 3.63) is 47.9 Å². The first-order valence-electron chi connectivity index (χ1n) is 10.7.